The lowest BCUT2D eigenvalue weighted by molar-refractivity contribution is 0.588. The lowest BCUT2D eigenvalue weighted by Crippen LogP contribution is -1.77. The first-order chi connectivity index (χ1) is 8.34. The van der Waals surface area contributed by atoms with Gasteiger partial charge in [-0.3, -0.25) is 0 Å². The maximum atomic E-state index is 5.98. The molecule has 0 bridgehead atoms. The minimum Gasteiger partial charge on any atom is -0.438 e. The van der Waals surface area contributed by atoms with E-state index in [1.807, 2.05) is 24.3 Å². The van der Waals surface area contributed by atoms with E-state index in [2.05, 4.69) is 22.1 Å². The van der Waals surface area contributed by atoms with Gasteiger partial charge in [-0.05, 0) is 12.5 Å². The van der Waals surface area contributed by atoms with Gasteiger partial charge in [-0.15, -0.1) is 0 Å². The average Bonchev–Trinajstić information content (AvgIpc) is 2.59. The second kappa shape index (κ2) is 4.18. The normalized spacial score (nSPS) is 15.0. The van der Waals surface area contributed by atoms with Crippen LogP contribution < -0.4 is 0 Å². The molecule has 3 rings (SSSR count). The van der Waals surface area contributed by atoms with Crippen LogP contribution in [0.3, 0.4) is 0 Å². The highest BCUT2D eigenvalue weighted by atomic mass is 35.5. The number of hydrogen-bond donors (Lipinski definition) is 0. The zero-order valence-corrected chi connectivity index (χ0v) is 9.69. The van der Waals surface area contributed by atoms with E-state index in [9.17, 15) is 0 Å². The standard InChI is InChI=1S/C13H9ClN2O/c14-12-10-7-11(17-13(10)16-8-15-12)9-5-3-1-2-4-6-9/h1,3-8H,2H2. The quantitative estimate of drug-likeness (QED) is 0.717. The molecule has 0 N–H and O–H groups in total. The Bertz CT molecular complexity index is 652. The highest BCUT2D eigenvalue weighted by Gasteiger charge is 2.10. The smallest absolute Gasteiger partial charge is 0.231 e. The van der Waals surface area contributed by atoms with Crippen molar-refractivity contribution in [2.45, 2.75) is 6.42 Å². The van der Waals surface area contributed by atoms with Gasteiger partial charge in [0.15, 0.2) is 0 Å². The Morgan fingerprint density at radius 3 is 3.06 bits per heavy atom. The number of rotatable bonds is 1. The Balaban J connectivity index is 2.15. The molecule has 0 fully saturated rings. The van der Waals surface area contributed by atoms with Crippen LogP contribution in [-0.2, 0) is 0 Å². The fraction of sp³-hybridized carbons (Fsp3) is 0.0769. The third kappa shape index (κ3) is 1.89. The third-order valence-corrected chi connectivity index (χ3v) is 2.85. The van der Waals surface area contributed by atoms with Crippen molar-refractivity contribution in [1.82, 2.24) is 9.97 Å². The first-order valence-electron chi connectivity index (χ1n) is 5.28. The van der Waals surface area contributed by atoms with Crippen LogP contribution >= 0.6 is 11.6 Å². The van der Waals surface area contributed by atoms with Crippen molar-refractivity contribution in [3.05, 3.63) is 53.7 Å². The SMILES string of the molecule is Clc1ncnc2oc(C3=CC=CCC=C3)cc12. The molecule has 1 aliphatic carbocycles. The molecule has 0 amide bonds. The second-order valence-corrected chi connectivity index (χ2v) is 4.04. The molecule has 0 saturated heterocycles. The summed E-state index contributed by atoms with van der Waals surface area (Å²) in [5.74, 6) is 0.755. The van der Waals surface area contributed by atoms with E-state index in [1.54, 1.807) is 0 Å². The van der Waals surface area contributed by atoms with Gasteiger partial charge in [-0.2, -0.15) is 0 Å². The summed E-state index contributed by atoms with van der Waals surface area (Å²) in [7, 11) is 0. The van der Waals surface area contributed by atoms with Crippen LogP contribution in [0, 0.1) is 0 Å². The number of nitrogens with zero attached hydrogens (tertiary/aromatic N) is 2. The fourth-order valence-corrected chi connectivity index (χ4v) is 1.89. The zero-order valence-electron chi connectivity index (χ0n) is 8.93. The van der Waals surface area contributed by atoms with E-state index in [0.29, 0.717) is 10.9 Å². The van der Waals surface area contributed by atoms with E-state index >= 15 is 0 Å². The number of halogens is 1. The monoisotopic (exact) mass is 244 g/mol. The van der Waals surface area contributed by atoms with Crippen molar-refractivity contribution in [1.29, 1.82) is 0 Å². The summed E-state index contributed by atoms with van der Waals surface area (Å²) in [6, 6.07) is 1.87. The van der Waals surface area contributed by atoms with E-state index in [-0.39, 0.29) is 0 Å². The van der Waals surface area contributed by atoms with E-state index in [1.165, 1.54) is 6.33 Å². The molecule has 84 valence electrons. The summed E-state index contributed by atoms with van der Waals surface area (Å²) < 4.78 is 5.65. The highest BCUT2D eigenvalue weighted by molar-refractivity contribution is 6.33. The summed E-state index contributed by atoms with van der Waals surface area (Å²) in [6.07, 6.45) is 12.5. The van der Waals surface area contributed by atoms with E-state index < -0.39 is 0 Å². The second-order valence-electron chi connectivity index (χ2n) is 3.68. The van der Waals surface area contributed by atoms with Gasteiger partial charge >= 0.3 is 0 Å². The molecule has 0 unspecified atom stereocenters. The largest absolute Gasteiger partial charge is 0.438 e. The number of fused-ring (bicyclic) bond motifs is 1. The maximum absolute atomic E-state index is 5.98. The summed E-state index contributed by atoms with van der Waals surface area (Å²) in [5, 5.41) is 1.16. The molecule has 0 spiro atoms. The maximum Gasteiger partial charge on any atom is 0.231 e. The molecule has 17 heavy (non-hydrogen) atoms. The molecule has 2 heterocycles. The van der Waals surface area contributed by atoms with Crippen molar-refractivity contribution in [3.63, 3.8) is 0 Å². The van der Waals surface area contributed by atoms with Gasteiger partial charge in [0.2, 0.25) is 5.71 Å². The predicted molar refractivity (Wildman–Crippen MR) is 67.7 cm³/mol. The van der Waals surface area contributed by atoms with Gasteiger partial charge in [0.05, 0.1) is 5.39 Å². The van der Waals surface area contributed by atoms with Crippen molar-refractivity contribution in [3.8, 4) is 0 Å². The van der Waals surface area contributed by atoms with Gasteiger partial charge in [0.25, 0.3) is 0 Å². The van der Waals surface area contributed by atoms with E-state index in [0.717, 1.165) is 23.1 Å². The summed E-state index contributed by atoms with van der Waals surface area (Å²) in [4.78, 5) is 7.98. The molecule has 0 aliphatic heterocycles. The topological polar surface area (TPSA) is 38.9 Å². The van der Waals surface area contributed by atoms with Gasteiger partial charge in [-0.1, -0.05) is 42.0 Å². The van der Waals surface area contributed by atoms with Crippen LogP contribution in [0.4, 0.5) is 0 Å². The minimum absolute atomic E-state index is 0.416. The highest BCUT2D eigenvalue weighted by Crippen LogP contribution is 2.28. The Labute approximate surface area is 103 Å². The molecule has 3 nitrogen and oxygen atoms in total. The molecular weight excluding hydrogens is 236 g/mol. The number of aromatic nitrogens is 2. The summed E-state index contributed by atoms with van der Waals surface area (Å²) in [6.45, 7) is 0. The molecule has 4 heteroatoms. The van der Waals surface area contributed by atoms with Crippen molar-refractivity contribution >= 4 is 28.3 Å². The first kappa shape index (κ1) is 10.3. The summed E-state index contributed by atoms with van der Waals surface area (Å²) in [5.41, 5.74) is 1.52. The van der Waals surface area contributed by atoms with Crippen LogP contribution in [0.25, 0.3) is 16.7 Å². The molecule has 0 radical (unpaired) electrons. The van der Waals surface area contributed by atoms with Crippen LogP contribution in [0.1, 0.15) is 12.2 Å². The Morgan fingerprint density at radius 1 is 1.24 bits per heavy atom. The Kier molecular flexibility index (Phi) is 2.53. The predicted octanol–water partition coefficient (Wildman–Crippen LogP) is 3.78. The van der Waals surface area contributed by atoms with Crippen LogP contribution in [-0.4, -0.2) is 9.97 Å². The van der Waals surface area contributed by atoms with Gasteiger partial charge in [0.1, 0.15) is 17.2 Å². The Morgan fingerprint density at radius 2 is 2.18 bits per heavy atom. The lowest BCUT2D eigenvalue weighted by atomic mass is 10.2. The molecular formula is C13H9ClN2O. The molecule has 2 aromatic heterocycles. The van der Waals surface area contributed by atoms with Crippen LogP contribution in [0.5, 0.6) is 0 Å². The molecule has 0 aromatic carbocycles. The van der Waals surface area contributed by atoms with Crippen molar-refractivity contribution in [2.24, 2.45) is 0 Å². The number of furan rings is 1. The molecule has 0 atom stereocenters. The van der Waals surface area contributed by atoms with Crippen LogP contribution in [0.2, 0.25) is 5.15 Å². The fourth-order valence-electron chi connectivity index (χ4n) is 1.71. The molecule has 1 aliphatic rings. The molecule has 2 aromatic rings. The zero-order chi connectivity index (χ0) is 11.7. The van der Waals surface area contributed by atoms with Crippen molar-refractivity contribution in [2.75, 3.05) is 0 Å². The third-order valence-electron chi connectivity index (χ3n) is 2.55. The van der Waals surface area contributed by atoms with Gasteiger partial charge in [0, 0.05) is 5.57 Å². The molecule has 0 saturated carbocycles. The van der Waals surface area contributed by atoms with Gasteiger partial charge < -0.3 is 4.42 Å². The number of allylic oxidation sites excluding steroid dienone is 6. The van der Waals surface area contributed by atoms with E-state index in [4.69, 9.17) is 16.0 Å². The lowest BCUT2D eigenvalue weighted by Gasteiger charge is -1.93. The van der Waals surface area contributed by atoms with Crippen LogP contribution in [0.15, 0.2) is 47.2 Å². The minimum atomic E-state index is 0.416. The van der Waals surface area contributed by atoms with Crippen molar-refractivity contribution < 1.29 is 4.42 Å². The number of hydrogen-bond acceptors (Lipinski definition) is 3. The summed E-state index contributed by atoms with van der Waals surface area (Å²) >= 11 is 5.98. The average molecular weight is 245 g/mol. The first-order valence-corrected chi connectivity index (χ1v) is 5.66. The Hall–Kier alpha value is -1.87. The van der Waals surface area contributed by atoms with Gasteiger partial charge in [-0.25, -0.2) is 9.97 Å².